The van der Waals surface area contributed by atoms with Crippen molar-refractivity contribution in [3.63, 3.8) is 0 Å². The normalized spacial score (nSPS) is 18.1. The predicted molar refractivity (Wildman–Crippen MR) is 118 cm³/mol. The monoisotopic (exact) mass is 392 g/mol. The Hall–Kier alpha value is -2.83. The van der Waals surface area contributed by atoms with Gasteiger partial charge in [0.2, 0.25) is 0 Å². The van der Waals surface area contributed by atoms with E-state index in [1.807, 2.05) is 25.1 Å². The molecule has 0 bridgehead atoms. The van der Waals surface area contributed by atoms with Crippen molar-refractivity contribution in [2.24, 2.45) is 0 Å². The van der Waals surface area contributed by atoms with Crippen molar-refractivity contribution in [3.8, 4) is 0 Å². The van der Waals surface area contributed by atoms with E-state index in [1.165, 1.54) is 5.69 Å². The van der Waals surface area contributed by atoms with Crippen LogP contribution in [0.3, 0.4) is 0 Å². The highest BCUT2D eigenvalue weighted by atomic mass is 16.5. The number of carbonyl (C=O) groups excluding carboxylic acids is 1. The van der Waals surface area contributed by atoms with Gasteiger partial charge in [0.25, 0.3) is 5.91 Å². The Labute approximate surface area is 172 Å². The van der Waals surface area contributed by atoms with Gasteiger partial charge >= 0.3 is 0 Å². The van der Waals surface area contributed by atoms with Gasteiger partial charge in [-0.15, -0.1) is 0 Å². The molecule has 152 valence electrons. The summed E-state index contributed by atoms with van der Waals surface area (Å²) in [5.41, 5.74) is 5.82. The van der Waals surface area contributed by atoms with Gasteiger partial charge in [0, 0.05) is 68.7 Å². The molecule has 1 amide bonds. The molecule has 0 aromatic heterocycles. The first-order valence-corrected chi connectivity index (χ1v) is 10.1. The summed E-state index contributed by atoms with van der Waals surface area (Å²) < 4.78 is 5.17. The summed E-state index contributed by atoms with van der Waals surface area (Å²) in [7, 11) is 1.75. The largest absolute Gasteiger partial charge is 0.383 e. The first-order chi connectivity index (χ1) is 14.2. The summed E-state index contributed by atoms with van der Waals surface area (Å²) in [6.07, 6.45) is 1.80. The molecular weight excluding hydrogens is 364 g/mol. The highest BCUT2D eigenvalue weighted by Crippen LogP contribution is 2.34. The second kappa shape index (κ2) is 8.68. The second-order valence-corrected chi connectivity index (χ2v) is 7.52. The molecule has 2 aromatic carbocycles. The van der Waals surface area contributed by atoms with Crippen LogP contribution in [-0.4, -0.2) is 57.2 Å². The van der Waals surface area contributed by atoms with E-state index in [9.17, 15) is 4.79 Å². The van der Waals surface area contributed by atoms with Gasteiger partial charge in [-0.05, 0) is 42.8 Å². The molecule has 1 fully saturated rings. The fourth-order valence-corrected chi connectivity index (χ4v) is 3.94. The number of methoxy groups -OCH3 is 1. The Kier molecular flexibility index (Phi) is 5.83. The molecule has 0 radical (unpaired) electrons. The smallest absolute Gasteiger partial charge is 0.257 e. The van der Waals surface area contributed by atoms with E-state index in [4.69, 9.17) is 4.74 Å². The zero-order valence-corrected chi connectivity index (χ0v) is 17.1. The van der Waals surface area contributed by atoms with Crippen LogP contribution < -0.4 is 15.5 Å². The molecule has 6 nitrogen and oxygen atoms in total. The molecule has 2 aliphatic heterocycles. The van der Waals surface area contributed by atoms with Gasteiger partial charge < -0.3 is 20.3 Å². The number of benzene rings is 2. The highest BCUT2D eigenvalue weighted by Gasteiger charge is 2.25. The molecule has 0 atom stereocenters. The maximum absolute atomic E-state index is 12.3. The average molecular weight is 393 g/mol. The van der Waals surface area contributed by atoms with Gasteiger partial charge in [0.15, 0.2) is 0 Å². The lowest BCUT2D eigenvalue weighted by molar-refractivity contribution is -0.110. The number of fused-ring (bicyclic) bond motifs is 1. The summed E-state index contributed by atoms with van der Waals surface area (Å²) in [5.74, 6) is -0.0650. The van der Waals surface area contributed by atoms with Crippen molar-refractivity contribution in [2.45, 2.75) is 6.92 Å². The Bertz CT molecular complexity index is 900. The molecule has 0 saturated carbocycles. The van der Waals surface area contributed by atoms with Crippen molar-refractivity contribution in [1.29, 1.82) is 0 Å². The number of hydrogen-bond donors (Lipinski definition) is 2. The van der Waals surface area contributed by atoms with Crippen LogP contribution >= 0.6 is 0 Å². The summed E-state index contributed by atoms with van der Waals surface area (Å²) in [6.45, 7) is 7.98. The number of anilines is 3. The molecule has 2 aromatic rings. The minimum atomic E-state index is -0.0650. The first-order valence-electron chi connectivity index (χ1n) is 10.1. The van der Waals surface area contributed by atoms with Crippen LogP contribution in [0.5, 0.6) is 0 Å². The van der Waals surface area contributed by atoms with Gasteiger partial charge in [0.1, 0.15) is 0 Å². The van der Waals surface area contributed by atoms with Crippen molar-refractivity contribution in [1.82, 2.24) is 4.90 Å². The van der Waals surface area contributed by atoms with Crippen molar-refractivity contribution in [2.75, 3.05) is 62.0 Å². The number of aryl methyl sites for hydroxylation is 1. The van der Waals surface area contributed by atoms with Gasteiger partial charge in [-0.25, -0.2) is 0 Å². The number of ether oxygens (including phenoxy) is 1. The van der Waals surface area contributed by atoms with Gasteiger partial charge in [0.05, 0.1) is 12.2 Å². The third-order valence-corrected chi connectivity index (χ3v) is 5.63. The molecule has 0 aliphatic carbocycles. The SMILES string of the molecule is COCCN1CCN(c2ccc(N/C=C3/C(=O)Nc4cccc(C)c43)cc2)CC1. The van der Waals surface area contributed by atoms with E-state index in [2.05, 4.69) is 44.7 Å². The molecule has 29 heavy (non-hydrogen) atoms. The van der Waals surface area contributed by atoms with Crippen LogP contribution in [0.2, 0.25) is 0 Å². The summed E-state index contributed by atoms with van der Waals surface area (Å²) in [5, 5.41) is 6.21. The van der Waals surface area contributed by atoms with E-state index < -0.39 is 0 Å². The lowest BCUT2D eigenvalue weighted by atomic mass is 10.0. The second-order valence-electron chi connectivity index (χ2n) is 7.52. The Morgan fingerprint density at radius 1 is 1.10 bits per heavy atom. The van der Waals surface area contributed by atoms with E-state index in [0.717, 1.165) is 61.8 Å². The van der Waals surface area contributed by atoms with Gasteiger partial charge in [-0.1, -0.05) is 12.1 Å². The molecule has 6 heteroatoms. The molecule has 2 aliphatic rings. The standard InChI is InChI=1S/C23H28N4O2/c1-17-4-3-5-21-22(17)20(23(28)25-21)16-24-18-6-8-19(9-7-18)27-12-10-26(11-13-27)14-15-29-2/h3-9,16,24H,10-15H2,1-2H3,(H,25,28)/b20-16+. The van der Waals surface area contributed by atoms with Gasteiger partial charge in [-0.2, -0.15) is 0 Å². The minimum absolute atomic E-state index is 0.0650. The number of piperazine rings is 1. The number of nitrogens with one attached hydrogen (secondary N) is 2. The Morgan fingerprint density at radius 2 is 1.86 bits per heavy atom. The predicted octanol–water partition coefficient (Wildman–Crippen LogP) is 3.17. The van der Waals surface area contributed by atoms with Crippen LogP contribution in [0.1, 0.15) is 11.1 Å². The number of rotatable bonds is 6. The minimum Gasteiger partial charge on any atom is -0.383 e. The van der Waals surface area contributed by atoms with E-state index in [0.29, 0.717) is 5.57 Å². The van der Waals surface area contributed by atoms with Crippen molar-refractivity contribution in [3.05, 3.63) is 59.8 Å². The first kappa shape index (κ1) is 19.5. The van der Waals surface area contributed by atoms with Gasteiger partial charge in [-0.3, -0.25) is 9.69 Å². The zero-order chi connectivity index (χ0) is 20.2. The van der Waals surface area contributed by atoms with E-state index in [1.54, 1.807) is 13.3 Å². The van der Waals surface area contributed by atoms with Crippen LogP contribution in [-0.2, 0) is 9.53 Å². The summed E-state index contributed by atoms with van der Waals surface area (Å²) in [6, 6.07) is 14.3. The third-order valence-electron chi connectivity index (χ3n) is 5.63. The molecule has 1 saturated heterocycles. The topological polar surface area (TPSA) is 56.8 Å². The van der Waals surface area contributed by atoms with E-state index >= 15 is 0 Å². The summed E-state index contributed by atoms with van der Waals surface area (Å²) >= 11 is 0. The Morgan fingerprint density at radius 3 is 2.59 bits per heavy atom. The van der Waals surface area contributed by atoms with Crippen molar-refractivity contribution >= 4 is 28.5 Å². The Balaban J connectivity index is 1.39. The number of amides is 1. The fourth-order valence-electron chi connectivity index (χ4n) is 3.94. The lowest BCUT2D eigenvalue weighted by Crippen LogP contribution is -2.47. The molecule has 2 heterocycles. The van der Waals surface area contributed by atoms with Crippen LogP contribution in [0.15, 0.2) is 48.7 Å². The summed E-state index contributed by atoms with van der Waals surface area (Å²) in [4.78, 5) is 17.2. The molecule has 0 spiro atoms. The quantitative estimate of drug-likeness (QED) is 0.740. The van der Waals surface area contributed by atoms with Crippen LogP contribution in [0.4, 0.5) is 17.1 Å². The zero-order valence-electron chi connectivity index (χ0n) is 17.1. The average Bonchev–Trinajstić information content (AvgIpc) is 3.08. The molecule has 4 rings (SSSR count). The number of nitrogens with zero attached hydrogens (tertiary/aromatic N) is 2. The molecule has 0 unspecified atom stereocenters. The third kappa shape index (κ3) is 4.28. The lowest BCUT2D eigenvalue weighted by Gasteiger charge is -2.36. The highest BCUT2D eigenvalue weighted by molar-refractivity contribution is 6.32. The number of hydrogen-bond acceptors (Lipinski definition) is 5. The molecule has 2 N–H and O–H groups in total. The molecular formula is C23H28N4O2. The fraction of sp³-hybridized carbons (Fsp3) is 0.348. The van der Waals surface area contributed by atoms with E-state index in [-0.39, 0.29) is 5.91 Å². The number of carbonyl (C=O) groups is 1. The van der Waals surface area contributed by atoms with Crippen molar-refractivity contribution < 1.29 is 9.53 Å². The maximum atomic E-state index is 12.3. The van der Waals surface area contributed by atoms with Crippen LogP contribution in [0.25, 0.3) is 5.57 Å². The van der Waals surface area contributed by atoms with Crippen LogP contribution in [0, 0.1) is 6.92 Å². The maximum Gasteiger partial charge on any atom is 0.257 e.